The molecule has 2 aromatic rings. The topological polar surface area (TPSA) is 72.2 Å². The third-order valence-electron chi connectivity index (χ3n) is 2.46. The van der Waals surface area contributed by atoms with Gasteiger partial charge in [-0.1, -0.05) is 12.1 Å². The van der Waals surface area contributed by atoms with Crippen molar-refractivity contribution in [3.05, 3.63) is 68.7 Å². The van der Waals surface area contributed by atoms with Gasteiger partial charge in [0.1, 0.15) is 0 Å². The molecule has 0 heterocycles. The molecule has 0 aliphatic heterocycles. The number of nitro groups is 1. The van der Waals surface area contributed by atoms with E-state index in [1.165, 1.54) is 24.3 Å². The Morgan fingerprint density at radius 1 is 1.11 bits per heavy atom. The molecule has 6 heteroatoms. The maximum absolute atomic E-state index is 11.9. The average Bonchev–Trinajstić information content (AvgIpc) is 2.41. The van der Waals surface area contributed by atoms with Gasteiger partial charge in [-0.2, -0.15) is 0 Å². The molecule has 96 valence electrons. The number of nitrogens with zero attached hydrogens (tertiary/aromatic N) is 1. The number of rotatable bonds is 3. The molecule has 0 atom stereocenters. The number of anilines is 1. The Hall–Kier alpha value is -2.21. The molecule has 0 aliphatic carbocycles. The summed E-state index contributed by atoms with van der Waals surface area (Å²) in [4.78, 5) is 22.0. The van der Waals surface area contributed by atoms with E-state index in [0.717, 1.165) is 4.47 Å². The third-order valence-corrected chi connectivity index (χ3v) is 3.15. The van der Waals surface area contributed by atoms with Crippen molar-refractivity contribution >= 4 is 33.2 Å². The molecule has 2 aromatic carbocycles. The van der Waals surface area contributed by atoms with E-state index in [4.69, 9.17) is 0 Å². The monoisotopic (exact) mass is 320 g/mol. The quantitative estimate of drug-likeness (QED) is 0.693. The molecular formula is C13H9BrN2O3. The van der Waals surface area contributed by atoms with Crippen LogP contribution in [0.5, 0.6) is 0 Å². The van der Waals surface area contributed by atoms with Gasteiger partial charge in [-0.15, -0.1) is 0 Å². The largest absolute Gasteiger partial charge is 0.321 e. The number of halogens is 1. The number of hydrogen-bond donors (Lipinski definition) is 1. The van der Waals surface area contributed by atoms with E-state index in [0.29, 0.717) is 11.3 Å². The molecule has 5 nitrogen and oxygen atoms in total. The summed E-state index contributed by atoms with van der Waals surface area (Å²) in [5, 5.41) is 13.2. The summed E-state index contributed by atoms with van der Waals surface area (Å²) in [6.45, 7) is 0. The molecule has 19 heavy (non-hydrogen) atoms. The number of amides is 1. The molecule has 0 aromatic heterocycles. The molecule has 1 N–H and O–H groups in total. The second kappa shape index (κ2) is 5.62. The normalized spacial score (nSPS) is 9.95. The second-order valence-electron chi connectivity index (χ2n) is 3.74. The number of nitrogens with one attached hydrogen (secondary N) is 1. The minimum absolute atomic E-state index is 0.0440. The summed E-state index contributed by atoms with van der Waals surface area (Å²) in [6, 6.07) is 12.7. The van der Waals surface area contributed by atoms with Crippen LogP contribution >= 0.6 is 15.9 Å². The summed E-state index contributed by atoms with van der Waals surface area (Å²) in [7, 11) is 0. The van der Waals surface area contributed by atoms with Crippen LogP contribution in [-0.2, 0) is 0 Å². The Kier molecular flexibility index (Phi) is 3.91. The van der Waals surface area contributed by atoms with Crippen molar-refractivity contribution in [2.24, 2.45) is 0 Å². The van der Waals surface area contributed by atoms with Gasteiger partial charge in [-0.05, 0) is 40.2 Å². The van der Waals surface area contributed by atoms with Gasteiger partial charge in [-0.3, -0.25) is 14.9 Å². The van der Waals surface area contributed by atoms with Crippen molar-refractivity contribution < 1.29 is 9.72 Å². The Morgan fingerprint density at radius 2 is 1.74 bits per heavy atom. The molecule has 0 saturated heterocycles. The molecule has 2 rings (SSSR count). The standard InChI is InChI=1S/C13H9BrN2O3/c14-11-3-1-2-4-12(11)15-13(17)9-5-7-10(8-6-9)16(18)19/h1-8H,(H,15,17). The van der Waals surface area contributed by atoms with Crippen molar-refractivity contribution in [1.82, 2.24) is 0 Å². The first kappa shape index (κ1) is 13.2. The average molecular weight is 321 g/mol. The van der Waals surface area contributed by atoms with Crippen molar-refractivity contribution in [2.75, 3.05) is 5.32 Å². The second-order valence-corrected chi connectivity index (χ2v) is 4.59. The van der Waals surface area contributed by atoms with Gasteiger partial charge in [0.25, 0.3) is 11.6 Å². The lowest BCUT2D eigenvalue weighted by Gasteiger charge is -2.06. The summed E-state index contributed by atoms with van der Waals surface area (Å²) in [5.74, 6) is -0.318. The van der Waals surface area contributed by atoms with E-state index in [1.807, 2.05) is 12.1 Å². The Bertz CT molecular complexity index is 626. The fourth-order valence-electron chi connectivity index (χ4n) is 1.49. The number of benzene rings is 2. The highest BCUT2D eigenvalue weighted by atomic mass is 79.9. The van der Waals surface area contributed by atoms with Gasteiger partial charge < -0.3 is 5.32 Å². The first-order valence-corrected chi connectivity index (χ1v) is 6.17. The zero-order valence-corrected chi connectivity index (χ0v) is 11.3. The molecule has 0 radical (unpaired) electrons. The highest BCUT2D eigenvalue weighted by Gasteiger charge is 2.10. The van der Waals surface area contributed by atoms with E-state index in [9.17, 15) is 14.9 Å². The minimum Gasteiger partial charge on any atom is -0.321 e. The van der Waals surface area contributed by atoms with Gasteiger partial charge in [0.15, 0.2) is 0 Å². The first-order valence-electron chi connectivity index (χ1n) is 5.38. The van der Waals surface area contributed by atoms with Gasteiger partial charge >= 0.3 is 0 Å². The maximum atomic E-state index is 11.9. The van der Waals surface area contributed by atoms with E-state index < -0.39 is 4.92 Å². The van der Waals surface area contributed by atoms with Crippen LogP contribution in [0.4, 0.5) is 11.4 Å². The van der Waals surface area contributed by atoms with E-state index in [2.05, 4.69) is 21.2 Å². The summed E-state index contributed by atoms with van der Waals surface area (Å²) >= 11 is 3.32. The van der Waals surface area contributed by atoms with Crippen LogP contribution in [0.2, 0.25) is 0 Å². The predicted octanol–water partition coefficient (Wildman–Crippen LogP) is 3.61. The third kappa shape index (κ3) is 3.17. The fourth-order valence-corrected chi connectivity index (χ4v) is 1.88. The van der Waals surface area contributed by atoms with Crippen molar-refractivity contribution in [3.63, 3.8) is 0 Å². The zero-order chi connectivity index (χ0) is 13.8. The summed E-state index contributed by atoms with van der Waals surface area (Å²) < 4.78 is 0.769. The van der Waals surface area contributed by atoms with Gasteiger partial charge in [0.2, 0.25) is 0 Å². The summed E-state index contributed by atoms with van der Waals surface area (Å²) in [5.41, 5.74) is 0.963. The van der Waals surface area contributed by atoms with E-state index in [-0.39, 0.29) is 11.6 Å². The Labute approximate surface area is 117 Å². The zero-order valence-electron chi connectivity index (χ0n) is 9.67. The molecule has 0 fully saturated rings. The van der Waals surface area contributed by atoms with E-state index >= 15 is 0 Å². The van der Waals surface area contributed by atoms with Crippen LogP contribution in [0, 0.1) is 10.1 Å². The molecule has 0 aliphatic rings. The van der Waals surface area contributed by atoms with Crippen LogP contribution in [0.1, 0.15) is 10.4 Å². The first-order chi connectivity index (χ1) is 9.08. The van der Waals surface area contributed by atoms with Gasteiger partial charge in [0, 0.05) is 22.2 Å². The Morgan fingerprint density at radius 3 is 2.32 bits per heavy atom. The van der Waals surface area contributed by atoms with Gasteiger partial charge in [-0.25, -0.2) is 0 Å². The minimum atomic E-state index is -0.504. The molecule has 0 unspecified atom stereocenters. The molecule has 0 spiro atoms. The van der Waals surface area contributed by atoms with Crippen LogP contribution in [-0.4, -0.2) is 10.8 Å². The highest BCUT2D eigenvalue weighted by molar-refractivity contribution is 9.10. The Balaban J connectivity index is 2.16. The number of non-ortho nitro benzene ring substituents is 1. The molecular weight excluding hydrogens is 312 g/mol. The van der Waals surface area contributed by atoms with Crippen molar-refractivity contribution in [2.45, 2.75) is 0 Å². The highest BCUT2D eigenvalue weighted by Crippen LogP contribution is 2.22. The number of carbonyl (C=O) groups is 1. The van der Waals surface area contributed by atoms with Crippen LogP contribution in [0.15, 0.2) is 53.0 Å². The maximum Gasteiger partial charge on any atom is 0.269 e. The smallest absolute Gasteiger partial charge is 0.269 e. The van der Waals surface area contributed by atoms with Crippen molar-refractivity contribution in [1.29, 1.82) is 0 Å². The van der Waals surface area contributed by atoms with Crippen LogP contribution in [0.3, 0.4) is 0 Å². The lowest BCUT2D eigenvalue weighted by molar-refractivity contribution is -0.384. The molecule has 0 bridgehead atoms. The van der Waals surface area contributed by atoms with Crippen molar-refractivity contribution in [3.8, 4) is 0 Å². The number of hydrogen-bond acceptors (Lipinski definition) is 3. The lowest BCUT2D eigenvalue weighted by Crippen LogP contribution is -2.12. The molecule has 1 amide bonds. The van der Waals surface area contributed by atoms with Crippen LogP contribution in [0.25, 0.3) is 0 Å². The van der Waals surface area contributed by atoms with E-state index in [1.54, 1.807) is 12.1 Å². The predicted molar refractivity (Wildman–Crippen MR) is 75.2 cm³/mol. The number of nitro benzene ring substituents is 1. The van der Waals surface area contributed by atoms with Crippen LogP contribution < -0.4 is 5.32 Å². The fraction of sp³-hybridized carbons (Fsp3) is 0. The lowest BCUT2D eigenvalue weighted by atomic mass is 10.2. The summed E-state index contributed by atoms with van der Waals surface area (Å²) in [6.07, 6.45) is 0. The number of para-hydroxylation sites is 1. The molecule has 0 saturated carbocycles. The SMILES string of the molecule is O=C(Nc1ccccc1Br)c1ccc([N+](=O)[O-])cc1. The number of carbonyl (C=O) groups excluding carboxylic acids is 1. The van der Waals surface area contributed by atoms with Gasteiger partial charge in [0.05, 0.1) is 10.6 Å².